The summed E-state index contributed by atoms with van der Waals surface area (Å²) in [6.07, 6.45) is 6.63. The van der Waals surface area contributed by atoms with E-state index in [1.165, 1.54) is 5.56 Å². The first kappa shape index (κ1) is 22.1. The highest BCUT2D eigenvalue weighted by molar-refractivity contribution is 14.0. The molecule has 0 amide bonds. The first-order valence-electron chi connectivity index (χ1n) is 8.34. The molecule has 0 atom stereocenters. The molecular weight excluding hydrogens is 445 g/mol. The zero-order valence-corrected chi connectivity index (χ0v) is 17.9. The Hall–Kier alpha value is -1.97. The van der Waals surface area contributed by atoms with Crippen LogP contribution in [-0.2, 0) is 19.9 Å². The lowest BCUT2D eigenvalue weighted by atomic mass is 10.1. The molecule has 7 nitrogen and oxygen atoms in total. The highest BCUT2D eigenvalue weighted by Gasteiger charge is 2.04. The molecule has 3 N–H and O–H groups in total. The molecule has 0 saturated heterocycles. The normalized spacial score (nSPS) is 11.0. The maximum atomic E-state index is 5.90. The summed E-state index contributed by atoms with van der Waals surface area (Å²) in [5.41, 5.74) is 8.27. The fourth-order valence-corrected chi connectivity index (χ4v) is 2.51. The Morgan fingerprint density at radius 1 is 1.19 bits per heavy atom. The molecule has 8 heteroatoms. The number of aromatic nitrogens is 2. The van der Waals surface area contributed by atoms with Crippen molar-refractivity contribution in [2.24, 2.45) is 17.8 Å². The number of nitrogens with zero attached hydrogens (tertiary/aromatic N) is 3. The van der Waals surface area contributed by atoms with Crippen LogP contribution in [0.15, 0.2) is 35.6 Å². The van der Waals surface area contributed by atoms with Gasteiger partial charge in [0.15, 0.2) is 17.5 Å². The number of benzene rings is 1. The highest BCUT2D eigenvalue weighted by atomic mass is 127. The third-order valence-corrected chi connectivity index (χ3v) is 3.83. The largest absolute Gasteiger partial charge is 0.493 e. The van der Waals surface area contributed by atoms with Gasteiger partial charge in [0.25, 0.3) is 0 Å². The van der Waals surface area contributed by atoms with Gasteiger partial charge < -0.3 is 20.5 Å². The minimum atomic E-state index is 0. The van der Waals surface area contributed by atoms with Crippen LogP contribution < -0.4 is 20.5 Å². The monoisotopic (exact) mass is 473 g/mol. The van der Waals surface area contributed by atoms with Crippen LogP contribution in [0.3, 0.4) is 0 Å². The van der Waals surface area contributed by atoms with Gasteiger partial charge in [0.05, 0.1) is 20.4 Å². The van der Waals surface area contributed by atoms with Crippen LogP contribution in [0.1, 0.15) is 17.5 Å². The Balaban J connectivity index is 0.00000338. The molecule has 0 fully saturated rings. The predicted molar refractivity (Wildman–Crippen MR) is 115 cm³/mol. The molecule has 0 bridgehead atoms. The summed E-state index contributed by atoms with van der Waals surface area (Å²) in [6.45, 7) is 1.41. The van der Waals surface area contributed by atoms with Gasteiger partial charge in [-0.25, -0.2) is 0 Å². The van der Waals surface area contributed by atoms with Crippen molar-refractivity contribution in [1.29, 1.82) is 0 Å². The Bertz CT molecular complexity index is 703. The van der Waals surface area contributed by atoms with E-state index in [2.05, 4.69) is 15.4 Å². The molecule has 0 aliphatic heterocycles. The van der Waals surface area contributed by atoms with E-state index in [9.17, 15) is 0 Å². The van der Waals surface area contributed by atoms with Gasteiger partial charge in [-0.2, -0.15) is 5.10 Å². The molecule has 0 aliphatic carbocycles. The van der Waals surface area contributed by atoms with Gasteiger partial charge in [-0.3, -0.25) is 9.67 Å². The SMILES string of the molecule is COc1ccc(CCNC(N)=NCCCc2cnn(C)c2)cc1OC.I. The molecule has 144 valence electrons. The van der Waals surface area contributed by atoms with E-state index in [0.29, 0.717) is 19.0 Å². The number of ether oxygens (including phenoxy) is 2. The zero-order valence-electron chi connectivity index (χ0n) is 15.6. The van der Waals surface area contributed by atoms with E-state index in [1.807, 2.05) is 42.3 Å². The number of nitrogens with one attached hydrogen (secondary N) is 1. The number of aryl methyl sites for hydroxylation is 2. The van der Waals surface area contributed by atoms with Gasteiger partial charge in [0.1, 0.15) is 0 Å². The maximum Gasteiger partial charge on any atom is 0.188 e. The van der Waals surface area contributed by atoms with Crippen LogP contribution in [0.2, 0.25) is 0 Å². The van der Waals surface area contributed by atoms with Gasteiger partial charge >= 0.3 is 0 Å². The molecule has 2 aromatic rings. The number of hydrogen-bond acceptors (Lipinski definition) is 4. The summed E-state index contributed by atoms with van der Waals surface area (Å²) in [7, 11) is 5.18. The lowest BCUT2D eigenvalue weighted by Gasteiger charge is -2.10. The van der Waals surface area contributed by atoms with Gasteiger partial charge in [-0.1, -0.05) is 6.07 Å². The van der Waals surface area contributed by atoms with Gasteiger partial charge in [-0.15, -0.1) is 24.0 Å². The molecule has 0 spiro atoms. The standard InChI is InChI=1S/C18H27N5O2.HI/c1-23-13-15(12-22-23)5-4-9-20-18(19)21-10-8-14-6-7-16(24-2)17(11-14)25-3;/h6-7,11-13H,4-5,8-10H2,1-3H3,(H3,19,20,21);1H. The van der Waals surface area contributed by atoms with Crippen molar-refractivity contribution in [2.75, 3.05) is 27.3 Å². The van der Waals surface area contributed by atoms with E-state index in [0.717, 1.165) is 36.3 Å². The number of aliphatic imine (C=N–C) groups is 1. The number of guanidine groups is 1. The lowest BCUT2D eigenvalue weighted by molar-refractivity contribution is 0.354. The molecule has 1 aromatic carbocycles. The summed E-state index contributed by atoms with van der Waals surface area (Å²) in [5.74, 6) is 1.94. The topological polar surface area (TPSA) is 86.7 Å². The van der Waals surface area contributed by atoms with Crippen LogP contribution in [0, 0.1) is 0 Å². The van der Waals surface area contributed by atoms with Crippen molar-refractivity contribution in [2.45, 2.75) is 19.3 Å². The predicted octanol–water partition coefficient (Wildman–Crippen LogP) is 2.13. The zero-order chi connectivity index (χ0) is 18.1. The van der Waals surface area contributed by atoms with Gasteiger partial charge in [0.2, 0.25) is 0 Å². The molecule has 1 heterocycles. The van der Waals surface area contributed by atoms with Crippen molar-refractivity contribution < 1.29 is 9.47 Å². The second kappa shape index (κ2) is 11.6. The second-order valence-electron chi connectivity index (χ2n) is 5.76. The fraction of sp³-hybridized carbons (Fsp3) is 0.444. The maximum absolute atomic E-state index is 5.90. The van der Waals surface area contributed by atoms with Crippen molar-refractivity contribution >= 4 is 29.9 Å². The van der Waals surface area contributed by atoms with Crippen LogP contribution in [0.25, 0.3) is 0 Å². The van der Waals surface area contributed by atoms with Crippen molar-refractivity contribution in [3.05, 3.63) is 41.7 Å². The van der Waals surface area contributed by atoms with E-state index in [1.54, 1.807) is 14.2 Å². The third kappa shape index (κ3) is 7.11. The quantitative estimate of drug-likeness (QED) is 0.252. The molecule has 0 radical (unpaired) electrons. The molecule has 0 aliphatic rings. The van der Waals surface area contributed by atoms with E-state index < -0.39 is 0 Å². The van der Waals surface area contributed by atoms with E-state index in [-0.39, 0.29) is 24.0 Å². The molecule has 0 unspecified atom stereocenters. The van der Waals surface area contributed by atoms with Crippen LogP contribution in [0.4, 0.5) is 0 Å². The summed E-state index contributed by atoms with van der Waals surface area (Å²) in [6, 6.07) is 5.90. The number of rotatable bonds is 9. The summed E-state index contributed by atoms with van der Waals surface area (Å²) >= 11 is 0. The lowest BCUT2D eigenvalue weighted by Crippen LogP contribution is -2.33. The number of methoxy groups -OCH3 is 2. The van der Waals surface area contributed by atoms with Crippen molar-refractivity contribution in [3.63, 3.8) is 0 Å². The fourth-order valence-electron chi connectivity index (χ4n) is 2.51. The molecule has 26 heavy (non-hydrogen) atoms. The molecule has 0 saturated carbocycles. The Morgan fingerprint density at radius 3 is 2.62 bits per heavy atom. The van der Waals surface area contributed by atoms with Crippen LogP contribution in [0.5, 0.6) is 11.5 Å². The third-order valence-electron chi connectivity index (χ3n) is 3.83. The summed E-state index contributed by atoms with van der Waals surface area (Å²) < 4.78 is 12.4. The summed E-state index contributed by atoms with van der Waals surface area (Å²) in [4.78, 5) is 4.35. The second-order valence-corrected chi connectivity index (χ2v) is 5.76. The van der Waals surface area contributed by atoms with Gasteiger partial charge in [-0.05, 0) is 42.5 Å². The Labute approximate surface area is 172 Å². The van der Waals surface area contributed by atoms with Crippen LogP contribution in [-0.4, -0.2) is 43.0 Å². The Kier molecular flexibility index (Phi) is 9.85. The minimum absolute atomic E-state index is 0. The molecular formula is C18H28IN5O2. The number of nitrogens with two attached hydrogens (primary N) is 1. The first-order valence-corrected chi connectivity index (χ1v) is 8.34. The van der Waals surface area contributed by atoms with E-state index >= 15 is 0 Å². The van der Waals surface area contributed by atoms with E-state index in [4.69, 9.17) is 15.2 Å². The van der Waals surface area contributed by atoms with Gasteiger partial charge in [0, 0.05) is 26.3 Å². The minimum Gasteiger partial charge on any atom is -0.493 e. The number of hydrogen-bond donors (Lipinski definition) is 2. The average Bonchev–Trinajstić information content (AvgIpc) is 3.03. The van der Waals surface area contributed by atoms with Crippen molar-refractivity contribution in [3.8, 4) is 11.5 Å². The van der Waals surface area contributed by atoms with Crippen LogP contribution >= 0.6 is 24.0 Å². The first-order chi connectivity index (χ1) is 12.1. The Morgan fingerprint density at radius 2 is 1.96 bits per heavy atom. The smallest absolute Gasteiger partial charge is 0.188 e. The molecule has 2 rings (SSSR count). The highest BCUT2D eigenvalue weighted by Crippen LogP contribution is 2.27. The summed E-state index contributed by atoms with van der Waals surface area (Å²) in [5, 5.41) is 7.29. The molecule has 1 aromatic heterocycles. The average molecular weight is 473 g/mol. The number of halogens is 1. The van der Waals surface area contributed by atoms with Crippen molar-refractivity contribution in [1.82, 2.24) is 15.1 Å².